The van der Waals surface area contributed by atoms with Crippen LogP contribution in [0.3, 0.4) is 0 Å². The highest BCUT2D eigenvalue weighted by Crippen LogP contribution is 2.30. The van der Waals surface area contributed by atoms with E-state index in [1.54, 1.807) is 41.4 Å². The number of hydrogen-bond donors (Lipinski definition) is 1. The number of carbonyl (C=O) groups excluding carboxylic acids is 2. The summed E-state index contributed by atoms with van der Waals surface area (Å²) in [6, 6.07) is 17.4. The van der Waals surface area contributed by atoms with Crippen molar-refractivity contribution in [3.8, 4) is 5.75 Å². The minimum Gasteiger partial charge on any atom is -0.497 e. The summed E-state index contributed by atoms with van der Waals surface area (Å²) >= 11 is 0. The quantitative estimate of drug-likeness (QED) is 0.358. The average Bonchev–Trinajstić information content (AvgIpc) is 3.19. The van der Waals surface area contributed by atoms with Crippen LogP contribution in [0.5, 0.6) is 5.75 Å². The SMILES string of the molecule is COc1cc(F)cc(/C=C/C(=O)Nc2ccc(C3CCN(C(=O)c4ccc5c(c4)n(C)c(=O)n5C)CC3)cc2)c1. The third-order valence-corrected chi connectivity index (χ3v) is 7.51. The molecule has 206 valence electrons. The van der Waals surface area contributed by atoms with Gasteiger partial charge >= 0.3 is 5.69 Å². The number of methoxy groups -OCH3 is 1. The molecular weight excluding hydrogens is 511 g/mol. The average molecular weight is 543 g/mol. The van der Waals surface area contributed by atoms with E-state index in [2.05, 4.69) is 5.32 Å². The third-order valence-electron chi connectivity index (χ3n) is 7.51. The van der Waals surface area contributed by atoms with Crippen LogP contribution in [0.25, 0.3) is 17.1 Å². The minimum absolute atomic E-state index is 0.0283. The number of rotatable bonds is 6. The molecule has 0 bridgehead atoms. The molecule has 8 nitrogen and oxygen atoms in total. The number of ether oxygens (including phenoxy) is 1. The molecule has 40 heavy (non-hydrogen) atoms. The Bertz CT molecular complexity index is 1660. The molecule has 0 saturated carbocycles. The molecule has 1 N–H and O–H groups in total. The lowest BCUT2D eigenvalue weighted by Crippen LogP contribution is -2.37. The molecule has 4 aromatic rings. The summed E-state index contributed by atoms with van der Waals surface area (Å²) in [5.41, 5.74) is 4.35. The monoisotopic (exact) mass is 542 g/mol. The first-order chi connectivity index (χ1) is 19.2. The maximum Gasteiger partial charge on any atom is 0.328 e. The van der Waals surface area contributed by atoms with Crippen LogP contribution in [0.1, 0.15) is 40.2 Å². The lowest BCUT2D eigenvalue weighted by Gasteiger charge is -2.32. The topological polar surface area (TPSA) is 85.6 Å². The summed E-state index contributed by atoms with van der Waals surface area (Å²) in [5.74, 6) is -0.0929. The van der Waals surface area contributed by atoms with E-state index in [0.717, 1.165) is 29.4 Å². The van der Waals surface area contributed by atoms with E-state index >= 15 is 0 Å². The van der Waals surface area contributed by atoms with Crippen molar-refractivity contribution in [1.29, 1.82) is 0 Å². The Morgan fingerprint density at radius 2 is 1.65 bits per heavy atom. The highest BCUT2D eigenvalue weighted by molar-refractivity contribution is 6.02. The van der Waals surface area contributed by atoms with Gasteiger partial charge in [0.2, 0.25) is 5.91 Å². The Balaban J connectivity index is 1.16. The van der Waals surface area contributed by atoms with E-state index in [1.165, 1.54) is 31.4 Å². The fourth-order valence-electron chi connectivity index (χ4n) is 5.23. The van der Waals surface area contributed by atoms with E-state index in [-0.39, 0.29) is 17.5 Å². The number of carbonyl (C=O) groups is 2. The molecular formula is C31H31FN4O4. The molecule has 0 atom stereocenters. The van der Waals surface area contributed by atoms with Gasteiger partial charge in [0, 0.05) is 50.6 Å². The Morgan fingerprint density at radius 3 is 2.35 bits per heavy atom. The van der Waals surface area contributed by atoms with Gasteiger partial charge in [-0.1, -0.05) is 12.1 Å². The number of aromatic nitrogens is 2. The summed E-state index contributed by atoms with van der Waals surface area (Å²) in [6.45, 7) is 1.28. The van der Waals surface area contributed by atoms with Crippen molar-refractivity contribution in [2.75, 3.05) is 25.5 Å². The normalized spacial score (nSPS) is 14.2. The second-order valence-corrected chi connectivity index (χ2v) is 10.0. The van der Waals surface area contributed by atoms with Gasteiger partial charge in [0.25, 0.3) is 5.91 Å². The molecule has 1 fully saturated rings. The van der Waals surface area contributed by atoms with E-state index in [0.29, 0.717) is 41.6 Å². The van der Waals surface area contributed by atoms with Gasteiger partial charge in [0.1, 0.15) is 11.6 Å². The lowest BCUT2D eigenvalue weighted by atomic mass is 9.89. The number of likely N-dealkylation sites (tertiary alicyclic amines) is 1. The number of benzene rings is 3. The molecule has 3 aromatic carbocycles. The molecule has 0 spiro atoms. The standard InChI is InChI=1S/C31H31FN4O4/c1-34-27-10-7-23(18-28(27)35(2)31(34)39)30(38)36-14-12-22(13-15-36)21-5-8-25(9-6-21)33-29(37)11-4-20-16-24(32)19-26(17-20)40-3/h4-11,16-19,22H,12-15H2,1-3H3,(H,33,37)/b11-4+. The zero-order chi connectivity index (χ0) is 28.4. The maximum atomic E-state index is 13.6. The fraction of sp³-hybridized carbons (Fsp3) is 0.258. The lowest BCUT2D eigenvalue weighted by molar-refractivity contribution is -0.111. The van der Waals surface area contributed by atoms with Crippen LogP contribution in [0.4, 0.5) is 10.1 Å². The second-order valence-electron chi connectivity index (χ2n) is 10.0. The van der Waals surface area contributed by atoms with Crippen LogP contribution in [0, 0.1) is 5.82 Å². The molecule has 2 amide bonds. The van der Waals surface area contributed by atoms with Gasteiger partial charge in [0.05, 0.1) is 18.1 Å². The number of nitrogens with one attached hydrogen (secondary N) is 1. The first kappa shape index (κ1) is 26.9. The van der Waals surface area contributed by atoms with E-state index < -0.39 is 5.82 Å². The predicted octanol–water partition coefficient (Wildman–Crippen LogP) is 4.70. The van der Waals surface area contributed by atoms with Crippen molar-refractivity contribution in [3.63, 3.8) is 0 Å². The molecule has 9 heteroatoms. The Labute approximate surface area is 231 Å². The van der Waals surface area contributed by atoms with Crippen LogP contribution >= 0.6 is 0 Å². The number of halogens is 1. The van der Waals surface area contributed by atoms with Gasteiger partial charge < -0.3 is 15.0 Å². The number of imidazole rings is 1. The van der Waals surface area contributed by atoms with Crippen LogP contribution in [0.15, 0.2) is 71.5 Å². The van der Waals surface area contributed by atoms with Crippen molar-refractivity contribution < 1.29 is 18.7 Å². The van der Waals surface area contributed by atoms with Gasteiger partial charge in [-0.25, -0.2) is 9.18 Å². The zero-order valence-corrected chi connectivity index (χ0v) is 22.7. The molecule has 2 heterocycles. The molecule has 0 aliphatic carbocycles. The number of hydrogen-bond acceptors (Lipinski definition) is 4. The van der Waals surface area contributed by atoms with E-state index in [4.69, 9.17) is 4.74 Å². The second kappa shape index (κ2) is 11.2. The number of fused-ring (bicyclic) bond motifs is 1. The largest absolute Gasteiger partial charge is 0.497 e. The molecule has 1 aromatic heterocycles. The predicted molar refractivity (Wildman–Crippen MR) is 153 cm³/mol. The number of amides is 2. The number of nitrogens with zero attached hydrogens (tertiary/aromatic N) is 3. The molecule has 1 aliphatic rings. The van der Waals surface area contributed by atoms with Crippen LogP contribution in [-0.2, 0) is 18.9 Å². The van der Waals surface area contributed by atoms with Gasteiger partial charge in [-0.05, 0) is 78.4 Å². The maximum absolute atomic E-state index is 13.6. The summed E-state index contributed by atoms with van der Waals surface area (Å²) < 4.78 is 21.8. The van der Waals surface area contributed by atoms with Crippen LogP contribution in [-0.4, -0.2) is 46.0 Å². The van der Waals surface area contributed by atoms with Gasteiger partial charge in [-0.15, -0.1) is 0 Å². The summed E-state index contributed by atoms with van der Waals surface area (Å²) in [6.07, 6.45) is 4.56. The van der Waals surface area contributed by atoms with Crippen molar-refractivity contribution in [3.05, 3.63) is 99.7 Å². The third kappa shape index (κ3) is 5.54. The first-order valence-electron chi connectivity index (χ1n) is 13.1. The number of piperidine rings is 1. The molecule has 1 saturated heterocycles. The molecule has 1 aliphatic heterocycles. The van der Waals surface area contributed by atoms with Gasteiger partial charge in [-0.2, -0.15) is 0 Å². The summed E-state index contributed by atoms with van der Waals surface area (Å²) in [7, 11) is 4.89. The molecule has 0 radical (unpaired) electrons. The van der Waals surface area contributed by atoms with Crippen molar-refractivity contribution in [2.45, 2.75) is 18.8 Å². The highest BCUT2D eigenvalue weighted by Gasteiger charge is 2.25. The fourth-order valence-corrected chi connectivity index (χ4v) is 5.23. The first-order valence-corrected chi connectivity index (χ1v) is 13.1. The smallest absolute Gasteiger partial charge is 0.328 e. The minimum atomic E-state index is -0.438. The van der Waals surface area contributed by atoms with Gasteiger partial charge in [0.15, 0.2) is 0 Å². The van der Waals surface area contributed by atoms with Crippen LogP contribution in [0.2, 0.25) is 0 Å². The highest BCUT2D eigenvalue weighted by atomic mass is 19.1. The molecule has 5 rings (SSSR count). The van der Waals surface area contributed by atoms with Crippen molar-refractivity contribution >= 4 is 34.6 Å². The summed E-state index contributed by atoms with van der Waals surface area (Å²) in [5, 5.41) is 2.82. The zero-order valence-electron chi connectivity index (χ0n) is 22.7. The van der Waals surface area contributed by atoms with E-state index in [9.17, 15) is 18.8 Å². The Hall–Kier alpha value is -4.66. The van der Waals surface area contributed by atoms with E-state index in [1.807, 2.05) is 35.2 Å². The van der Waals surface area contributed by atoms with Crippen molar-refractivity contribution in [2.24, 2.45) is 14.1 Å². The summed E-state index contributed by atoms with van der Waals surface area (Å²) in [4.78, 5) is 39.6. The number of aryl methyl sites for hydroxylation is 2. The Kier molecular flexibility index (Phi) is 7.55. The van der Waals surface area contributed by atoms with Gasteiger partial charge in [-0.3, -0.25) is 18.7 Å². The molecule has 0 unspecified atom stereocenters. The Morgan fingerprint density at radius 1 is 0.950 bits per heavy atom. The van der Waals surface area contributed by atoms with Crippen molar-refractivity contribution in [1.82, 2.24) is 14.0 Å². The van der Waals surface area contributed by atoms with Crippen LogP contribution < -0.4 is 15.7 Å². The number of anilines is 1.